The van der Waals surface area contributed by atoms with Crippen LogP contribution in [0.5, 0.6) is 11.5 Å². The van der Waals surface area contributed by atoms with Crippen molar-refractivity contribution in [2.75, 3.05) is 83.0 Å². The number of anilines is 6. The van der Waals surface area contributed by atoms with E-state index in [1.165, 1.54) is 23.9 Å². The Morgan fingerprint density at radius 3 is 1.14 bits per heavy atom. The summed E-state index contributed by atoms with van der Waals surface area (Å²) in [6, 6.07) is 50.7. The van der Waals surface area contributed by atoms with Gasteiger partial charge in [-0.3, -0.25) is 5.32 Å². The van der Waals surface area contributed by atoms with E-state index in [-0.39, 0.29) is 56.4 Å². The van der Waals surface area contributed by atoms with Crippen molar-refractivity contribution in [3.8, 4) is 11.5 Å². The van der Waals surface area contributed by atoms with Gasteiger partial charge in [-0.1, -0.05) is 75.1 Å². The largest absolute Gasteiger partial charge is 0.417 e. The number of para-hydroxylation sites is 2. The van der Waals surface area contributed by atoms with Crippen LogP contribution in [0, 0.1) is 0 Å². The summed E-state index contributed by atoms with van der Waals surface area (Å²) in [6.07, 6.45) is -0.493. The smallest absolute Gasteiger partial charge is 0.415 e. The minimum Gasteiger partial charge on any atom is -0.415 e. The van der Waals surface area contributed by atoms with Crippen LogP contribution < -0.4 is 40.1 Å². The first-order valence-electron chi connectivity index (χ1n) is 19.7. The first-order chi connectivity index (χ1) is 29.7. The van der Waals surface area contributed by atoms with Gasteiger partial charge in [-0.2, -0.15) is 0 Å². The number of benzene rings is 6. The molecule has 0 aliphatic carbocycles. The molecule has 8 rings (SSSR count). The second kappa shape index (κ2) is 31.7. The molecule has 2 heterocycles. The molecular weight excluding hydrogens is 1180 g/mol. The van der Waals surface area contributed by atoms with Gasteiger partial charge in [0.15, 0.2) is 0 Å². The van der Waals surface area contributed by atoms with E-state index < -0.39 is 11.5 Å². The van der Waals surface area contributed by atoms with Gasteiger partial charge in [0.2, 0.25) is 0 Å². The molecule has 6 aromatic rings. The quantitative estimate of drug-likeness (QED) is 0.0919. The van der Waals surface area contributed by atoms with Gasteiger partial charge in [0, 0.05) is 163 Å². The summed E-state index contributed by atoms with van der Waals surface area (Å²) in [5.74, 6) is 0.979. The van der Waals surface area contributed by atoms with E-state index in [1.54, 1.807) is 36.4 Å². The second-order valence-electron chi connectivity index (χ2n) is 13.5. The first-order valence-corrected chi connectivity index (χ1v) is 21.7. The number of nitrogen functional groups attached to an aromatic ring is 1. The summed E-state index contributed by atoms with van der Waals surface area (Å²) >= 11 is 11.9. The molecule has 10 nitrogen and oxygen atoms in total. The van der Waals surface area contributed by atoms with E-state index in [9.17, 15) is 9.59 Å². The minimum atomic E-state index is -0.814. The number of nitrogens with one attached hydrogen (secondary N) is 1. The Morgan fingerprint density at radius 1 is 0.523 bits per heavy atom. The van der Waals surface area contributed by atoms with Crippen LogP contribution in [0.3, 0.4) is 0 Å². The fraction of sp³-hybridized carbons (Fsp3) is 0.191. The van der Waals surface area contributed by atoms with Crippen molar-refractivity contribution in [3.05, 3.63) is 167 Å². The van der Waals surface area contributed by atoms with Crippen molar-refractivity contribution < 1.29 is 58.7 Å². The third-order valence-corrected chi connectivity index (χ3v) is 10.7. The van der Waals surface area contributed by atoms with Crippen molar-refractivity contribution in [1.29, 1.82) is 0 Å². The van der Waals surface area contributed by atoms with Gasteiger partial charge >= 0.3 is 11.5 Å². The van der Waals surface area contributed by atoms with Crippen LogP contribution in [0.4, 0.5) is 43.7 Å². The third kappa shape index (κ3) is 20.0. The molecule has 0 bridgehead atoms. The number of piperazine rings is 2. The fourth-order valence-electron chi connectivity index (χ4n) is 6.51. The average molecular weight is 1220 g/mol. The molecule has 0 unspecified atom stereocenters. The maximum absolute atomic E-state index is 12.0. The second-order valence-corrected chi connectivity index (χ2v) is 15.7. The molecule has 2 fully saturated rings. The molecule has 1 amide bonds. The third-order valence-electron chi connectivity index (χ3n) is 9.58. The number of hydrogen-bond donors (Lipinski definition) is 2. The summed E-state index contributed by atoms with van der Waals surface area (Å²) in [5.41, 5.74) is 11.4. The number of ether oxygens (including phenoxy) is 2. The molecule has 2 aliphatic heterocycles. The number of nitrogens with two attached hydrogens (primary N) is 1. The zero-order valence-electron chi connectivity index (χ0n) is 35.9. The van der Waals surface area contributed by atoms with Gasteiger partial charge in [-0.05, 0) is 121 Å². The molecule has 9 radical (unpaired) electrons. The van der Waals surface area contributed by atoms with E-state index in [4.69, 9.17) is 22.1 Å². The number of nitrogens with zero attached hydrogens (tertiary/aromatic N) is 4. The Kier molecular flexibility index (Phi) is 28.6. The number of hydrogen-bond acceptors (Lipinski definition) is 9. The molecule has 2 saturated heterocycles. The van der Waals surface area contributed by atoms with Gasteiger partial charge in [-0.25, -0.2) is 9.59 Å². The van der Waals surface area contributed by atoms with Gasteiger partial charge < -0.3 is 34.8 Å². The average Bonchev–Trinajstić information content (AvgIpc) is 3.29. The first kappa shape index (κ1) is 58.8. The van der Waals surface area contributed by atoms with Crippen molar-refractivity contribution in [3.63, 3.8) is 0 Å². The van der Waals surface area contributed by atoms with Crippen LogP contribution in [0.1, 0.15) is 0 Å². The maximum Gasteiger partial charge on any atom is 0.417 e. The standard InChI is InChI=1S/C23H22BrN3O2.C16H18BrN3.C7H5ClO2.CH3B.2B.V.W/c24-18-6-10-20(11-7-18)26-14-16-27(17-15-26)21-12-8-19(9-13-21)25-23(28)29-22-4-2-1-3-5-22;17-13-1-5-15(6-2-13)19-9-11-20(12-10-19)16-7-3-14(18)4-8-16;8-7(9)10-6-4-2-1-3-5-6;1-2;;;;/h1-13H,14-17H2,(H,25,28);1-8H,9-12,18H2;1-5H;1H3;;;;. The Labute approximate surface area is 436 Å². The van der Waals surface area contributed by atoms with E-state index in [0.717, 1.165) is 72.7 Å². The van der Waals surface area contributed by atoms with Crippen molar-refractivity contribution in [1.82, 2.24) is 0 Å². The molecule has 18 heteroatoms. The monoisotopic (exact) mass is 1220 g/mol. The van der Waals surface area contributed by atoms with Crippen molar-refractivity contribution in [2.45, 2.75) is 6.82 Å². The van der Waals surface area contributed by atoms with E-state index >= 15 is 0 Å². The van der Waals surface area contributed by atoms with Gasteiger partial charge in [0.1, 0.15) is 11.5 Å². The summed E-state index contributed by atoms with van der Waals surface area (Å²) in [5, 5.41) is 2.76. The SMILES string of the molecule is Nc1ccc(N2CCN(c3ccc(Br)cc3)CC2)cc1.O=C(Cl)Oc1ccccc1.O=C(Nc1ccc(N2CCN(c3ccc(Br)cc3)CC2)cc1)Oc1ccccc1.[B].[B].[B]C.[V].[W]. The number of carbonyl (C=O) groups excluding carboxylic acids is 2. The number of carbonyl (C=O) groups is 2. The van der Waals surface area contributed by atoms with Crippen molar-refractivity contribution >= 4 is 114 Å². The van der Waals surface area contributed by atoms with E-state index in [2.05, 4.69) is 130 Å². The zero-order valence-corrected chi connectivity index (χ0v) is 44.1. The molecule has 0 aromatic heterocycles. The summed E-state index contributed by atoms with van der Waals surface area (Å²) < 4.78 is 12.0. The summed E-state index contributed by atoms with van der Waals surface area (Å²) in [6.45, 7) is 9.55. The fourth-order valence-corrected chi connectivity index (χ4v) is 7.13. The number of halogens is 3. The van der Waals surface area contributed by atoms with Crippen LogP contribution in [0.15, 0.2) is 167 Å². The molecule has 2 aliphatic rings. The van der Waals surface area contributed by atoms with Crippen LogP contribution in [-0.4, -0.2) is 88.6 Å². The molecule has 65 heavy (non-hydrogen) atoms. The van der Waals surface area contributed by atoms with Crippen LogP contribution in [0.25, 0.3) is 0 Å². The Hall–Kier alpha value is -4.22. The van der Waals surface area contributed by atoms with Gasteiger partial charge in [-0.15, -0.1) is 0 Å². The molecule has 0 saturated carbocycles. The molecule has 331 valence electrons. The van der Waals surface area contributed by atoms with E-state index in [1.807, 2.05) is 60.7 Å². The molecule has 3 N–H and O–H groups in total. The molecular formula is C47H48B3Br2ClN6O4VW. The van der Waals surface area contributed by atoms with Crippen LogP contribution >= 0.6 is 43.5 Å². The molecule has 0 atom stereocenters. The molecule has 0 spiro atoms. The number of rotatable bonds is 7. The normalized spacial score (nSPS) is 12.4. The Bertz CT molecular complexity index is 2170. The Balaban J connectivity index is 0.000000512. The number of amides is 1. The van der Waals surface area contributed by atoms with Gasteiger partial charge in [0.05, 0.1) is 7.85 Å². The van der Waals surface area contributed by atoms with Crippen LogP contribution in [0.2, 0.25) is 6.82 Å². The van der Waals surface area contributed by atoms with Crippen molar-refractivity contribution in [2.24, 2.45) is 0 Å². The zero-order chi connectivity index (χ0) is 43.4. The molecule has 6 aromatic carbocycles. The van der Waals surface area contributed by atoms with E-state index in [0.29, 0.717) is 17.2 Å². The topological polar surface area (TPSA) is 104 Å². The Morgan fingerprint density at radius 2 is 0.815 bits per heavy atom. The van der Waals surface area contributed by atoms with Crippen LogP contribution in [-0.2, 0) is 39.6 Å². The predicted molar refractivity (Wildman–Crippen MR) is 272 cm³/mol. The minimum absolute atomic E-state index is 0. The predicted octanol–water partition coefficient (Wildman–Crippen LogP) is 10.6. The maximum atomic E-state index is 12.0. The summed E-state index contributed by atoms with van der Waals surface area (Å²) in [4.78, 5) is 31.8. The van der Waals surface area contributed by atoms with Gasteiger partial charge in [0.25, 0.3) is 0 Å². The summed E-state index contributed by atoms with van der Waals surface area (Å²) in [7, 11) is 4.50.